The third-order valence-electron chi connectivity index (χ3n) is 5.69. The summed E-state index contributed by atoms with van der Waals surface area (Å²) in [6.45, 7) is 5.70. The molecule has 33 heavy (non-hydrogen) atoms. The fourth-order valence-corrected chi connectivity index (χ4v) is 4.41. The van der Waals surface area contributed by atoms with Crippen molar-refractivity contribution in [2.45, 2.75) is 45.3 Å². The van der Waals surface area contributed by atoms with Crippen LogP contribution in [0.2, 0.25) is 0 Å². The fraction of sp³-hybridized carbons (Fsp3) is 0.462. The number of piperidine rings is 1. The van der Waals surface area contributed by atoms with Crippen molar-refractivity contribution in [3.8, 4) is 11.5 Å². The number of hydrogen-bond acceptors (Lipinski definition) is 5. The molecule has 1 saturated heterocycles. The third-order valence-corrected chi connectivity index (χ3v) is 6.33. The summed E-state index contributed by atoms with van der Waals surface area (Å²) in [6.07, 6.45) is 4.13. The molecule has 1 unspecified atom stereocenters. The quantitative estimate of drug-likeness (QED) is 0.560. The molecule has 178 valence electrons. The average Bonchev–Trinajstić information content (AvgIpc) is 2.83. The molecule has 0 aromatic heterocycles. The summed E-state index contributed by atoms with van der Waals surface area (Å²) in [5.41, 5.74) is 1.60. The molecular weight excluding hydrogens is 436 g/mol. The van der Waals surface area contributed by atoms with Gasteiger partial charge in [0.05, 0.1) is 6.61 Å². The third kappa shape index (κ3) is 7.16. The van der Waals surface area contributed by atoms with E-state index in [0.717, 1.165) is 35.7 Å². The summed E-state index contributed by atoms with van der Waals surface area (Å²) >= 11 is 1.67. The van der Waals surface area contributed by atoms with E-state index in [1.807, 2.05) is 67.5 Å². The second kappa shape index (κ2) is 12.5. The second-order valence-electron chi connectivity index (χ2n) is 8.20. The van der Waals surface area contributed by atoms with Crippen molar-refractivity contribution < 1.29 is 19.1 Å². The van der Waals surface area contributed by atoms with Crippen molar-refractivity contribution in [2.24, 2.45) is 0 Å². The smallest absolute Gasteiger partial charge is 0.251 e. The monoisotopic (exact) mass is 470 g/mol. The molecule has 0 aliphatic carbocycles. The van der Waals surface area contributed by atoms with E-state index >= 15 is 0 Å². The Hall–Kier alpha value is -2.67. The number of carbonyl (C=O) groups is 2. The van der Waals surface area contributed by atoms with Gasteiger partial charge < -0.3 is 19.7 Å². The molecule has 1 atom stereocenters. The van der Waals surface area contributed by atoms with Gasteiger partial charge in [0.25, 0.3) is 5.91 Å². The second-order valence-corrected chi connectivity index (χ2v) is 9.18. The topological polar surface area (TPSA) is 67.9 Å². The van der Waals surface area contributed by atoms with Gasteiger partial charge in [0, 0.05) is 31.5 Å². The van der Waals surface area contributed by atoms with Crippen molar-refractivity contribution in [1.29, 1.82) is 0 Å². The molecule has 0 bridgehead atoms. The number of hydrogen-bond donors (Lipinski definition) is 1. The van der Waals surface area contributed by atoms with Gasteiger partial charge in [-0.05, 0) is 56.5 Å². The Bertz CT molecular complexity index is 928. The number of thioether (sulfide) groups is 1. The van der Waals surface area contributed by atoms with Crippen LogP contribution in [-0.2, 0) is 4.79 Å². The van der Waals surface area contributed by atoms with Gasteiger partial charge in [-0.3, -0.25) is 9.59 Å². The molecule has 0 spiro atoms. The Labute approximate surface area is 201 Å². The molecule has 6 nitrogen and oxygen atoms in total. The van der Waals surface area contributed by atoms with Crippen molar-refractivity contribution in [2.75, 3.05) is 31.7 Å². The minimum absolute atomic E-state index is 0.0155. The van der Waals surface area contributed by atoms with Crippen molar-refractivity contribution in [3.05, 3.63) is 59.7 Å². The largest absolute Gasteiger partial charge is 0.490 e. The van der Waals surface area contributed by atoms with Crippen LogP contribution < -0.4 is 14.8 Å². The first-order valence-electron chi connectivity index (χ1n) is 11.6. The molecule has 0 radical (unpaired) electrons. The van der Waals surface area contributed by atoms with Gasteiger partial charge in [-0.1, -0.05) is 29.8 Å². The number of nitrogens with zero attached hydrogens (tertiary/aromatic N) is 1. The number of ether oxygens (including phenoxy) is 2. The zero-order valence-corrected chi connectivity index (χ0v) is 20.5. The van der Waals surface area contributed by atoms with Crippen molar-refractivity contribution >= 4 is 23.6 Å². The van der Waals surface area contributed by atoms with Crippen molar-refractivity contribution in [1.82, 2.24) is 10.2 Å². The normalized spacial score (nSPS) is 15.1. The number of benzene rings is 2. The standard InChI is InChI=1S/C26H34N2O4S/c1-4-31-23-10-5-6-11-24(23)32-21-12-15-28(16-13-21)26(30)22(14-17-33-3)27-25(29)20-9-7-8-19(2)18-20/h5-11,18,21-22H,4,12-17H2,1-3H3,(H,27,29). The van der Waals surface area contributed by atoms with Crippen LogP contribution in [0, 0.1) is 6.92 Å². The lowest BCUT2D eigenvalue weighted by molar-refractivity contribution is -0.135. The minimum Gasteiger partial charge on any atom is -0.490 e. The van der Waals surface area contributed by atoms with E-state index in [9.17, 15) is 9.59 Å². The van der Waals surface area contributed by atoms with Crippen LogP contribution in [0.5, 0.6) is 11.5 Å². The lowest BCUT2D eigenvalue weighted by atomic mass is 10.0. The molecule has 3 rings (SSSR count). The minimum atomic E-state index is -0.526. The van der Waals surface area contributed by atoms with Gasteiger partial charge in [0.1, 0.15) is 12.1 Å². The highest BCUT2D eigenvalue weighted by Crippen LogP contribution is 2.29. The lowest BCUT2D eigenvalue weighted by Crippen LogP contribution is -2.52. The number of carbonyl (C=O) groups excluding carboxylic acids is 2. The SMILES string of the molecule is CCOc1ccccc1OC1CCN(C(=O)C(CCSC)NC(=O)c2cccc(C)c2)CC1. The Balaban J connectivity index is 1.58. The van der Waals surface area contributed by atoms with E-state index in [4.69, 9.17) is 9.47 Å². The van der Waals surface area contributed by atoms with E-state index in [2.05, 4.69) is 5.32 Å². The highest BCUT2D eigenvalue weighted by molar-refractivity contribution is 7.98. The van der Waals surface area contributed by atoms with E-state index in [1.54, 1.807) is 17.8 Å². The van der Waals surface area contributed by atoms with Gasteiger partial charge in [0.15, 0.2) is 11.5 Å². The molecule has 1 heterocycles. The molecule has 0 saturated carbocycles. The number of rotatable bonds is 10. The average molecular weight is 471 g/mol. The highest BCUT2D eigenvalue weighted by Gasteiger charge is 2.30. The molecule has 1 aliphatic heterocycles. The zero-order valence-electron chi connectivity index (χ0n) is 19.7. The predicted octanol–water partition coefficient (Wildman–Crippen LogP) is 4.32. The van der Waals surface area contributed by atoms with Gasteiger partial charge in [-0.15, -0.1) is 0 Å². The van der Waals surface area contributed by atoms with Crippen LogP contribution in [0.4, 0.5) is 0 Å². The lowest BCUT2D eigenvalue weighted by Gasteiger charge is -2.34. The molecular formula is C26H34N2O4S. The van der Waals surface area contributed by atoms with Crippen LogP contribution in [-0.4, -0.2) is 60.6 Å². The number of aryl methyl sites for hydroxylation is 1. The summed E-state index contributed by atoms with van der Waals surface area (Å²) in [5, 5.41) is 2.97. The fourth-order valence-electron chi connectivity index (χ4n) is 3.94. The van der Waals surface area contributed by atoms with Crippen LogP contribution in [0.1, 0.15) is 42.1 Å². The Morgan fingerprint density at radius 2 is 1.85 bits per heavy atom. The van der Waals surface area contributed by atoms with Gasteiger partial charge in [0.2, 0.25) is 5.91 Å². The maximum atomic E-state index is 13.3. The van der Waals surface area contributed by atoms with Crippen LogP contribution in [0.25, 0.3) is 0 Å². The van der Waals surface area contributed by atoms with Crippen LogP contribution >= 0.6 is 11.8 Å². The van der Waals surface area contributed by atoms with Crippen molar-refractivity contribution in [3.63, 3.8) is 0 Å². The summed E-state index contributed by atoms with van der Waals surface area (Å²) in [5.74, 6) is 2.07. The number of para-hydroxylation sites is 2. The molecule has 1 aliphatic rings. The number of nitrogens with one attached hydrogen (secondary N) is 1. The molecule has 1 N–H and O–H groups in total. The van der Waals surface area contributed by atoms with E-state index in [1.165, 1.54) is 0 Å². The Kier molecular flexibility index (Phi) is 9.48. The molecule has 2 amide bonds. The molecule has 2 aromatic rings. The molecule has 2 aromatic carbocycles. The maximum Gasteiger partial charge on any atom is 0.251 e. The first kappa shape index (κ1) is 25.0. The van der Waals surface area contributed by atoms with Gasteiger partial charge >= 0.3 is 0 Å². The summed E-state index contributed by atoms with van der Waals surface area (Å²) < 4.78 is 11.8. The molecule has 7 heteroatoms. The van der Waals surface area contributed by atoms with E-state index in [0.29, 0.717) is 31.7 Å². The number of likely N-dealkylation sites (tertiary alicyclic amines) is 1. The Morgan fingerprint density at radius 3 is 2.52 bits per heavy atom. The summed E-state index contributed by atoms with van der Waals surface area (Å²) in [7, 11) is 0. The first-order valence-corrected chi connectivity index (χ1v) is 12.9. The van der Waals surface area contributed by atoms with Crippen LogP contribution in [0.3, 0.4) is 0 Å². The summed E-state index contributed by atoms with van der Waals surface area (Å²) in [4.78, 5) is 27.9. The van der Waals surface area contributed by atoms with E-state index < -0.39 is 6.04 Å². The highest BCUT2D eigenvalue weighted by atomic mass is 32.2. The molecule has 1 fully saturated rings. The van der Waals surface area contributed by atoms with Gasteiger partial charge in [-0.2, -0.15) is 11.8 Å². The van der Waals surface area contributed by atoms with E-state index in [-0.39, 0.29) is 17.9 Å². The summed E-state index contributed by atoms with van der Waals surface area (Å²) in [6, 6.07) is 14.6. The zero-order chi connectivity index (χ0) is 23.6. The first-order chi connectivity index (χ1) is 16.0. The Morgan fingerprint density at radius 1 is 1.12 bits per heavy atom. The number of amides is 2. The van der Waals surface area contributed by atoms with Crippen LogP contribution in [0.15, 0.2) is 48.5 Å². The van der Waals surface area contributed by atoms with Gasteiger partial charge in [-0.25, -0.2) is 0 Å². The predicted molar refractivity (Wildman–Crippen MR) is 133 cm³/mol. The maximum absolute atomic E-state index is 13.3.